The van der Waals surface area contributed by atoms with Crippen molar-refractivity contribution in [3.63, 3.8) is 0 Å². The summed E-state index contributed by atoms with van der Waals surface area (Å²) < 4.78 is 0. The van der Waals surface area contributed by atoms with Crippen molar-refractivity contribution in [3.8, 4) is 0 Å². The van der Waals surface area contributed by atoms with E-state index in [2.05, 4.69) is 24.3 Å². The molecule has 1 heterocycles. The van der Waals surface area contributed by atoms with E-state index < -0.39 is 0 Å². The molecule has 10 heavy (non-hydrogen) atoms. The molecule has 1 aliphatic carbocycles. The Morgan fingerprint density at radius 1 is 1.50 bits per heavy atom. The van der Waals surface area contributed by atoms with Crippen LogP contribution in [0.15, 0.2) is 0 Å². The van der Waals surface area contributed by atoms with Gasteiger partial charge >= 0.3 is 0 Å². The molecule has 0 aromatic carbocycles. The Morgan fingerprint density at radius 3 is 2.70 bits per heavy atom. The van der Waals surface area contributed by atoms with Crippen LogP contribution >= 0.6 is 0 Å². The molecule has 2 unspecified atom stereocenters. The minimum Gasteiger partial charge on any atom is -0.316 e. The van der Waals surface area contributed by atoms with Crippen LogP contribution in [0.5, 0.6) is 0 Å². The first kappa shape index (κ1) is 6.62. The van der Waals surface area contributed by atoms with Crippen molar-refractivity contribution in [1.82, 2.24) is 10.2 Å². The molecule has 2 nitrogen and oxygen atoms in total. The molecule has 1 N–H and O–H groups in total. The Labute approximate surface area is 62.6 Å². The molecule has 1 saturated carbocycles. The van der Waals surface area contributed by atoms with Gasteiger partial charge in [-0.25, -0.2) is 0 Å². The second kappa shape index (κ2) is 1.95. The Kier molecular flexibility index (Phi) is 1.29. The topological polar surface area (TPSA) is 15.3 Å². The van der Waals surface area contributed by atoms with Gasteiger partial charge in [0.25, 0.3) is 0 Å². The SMILES string of the molecule is CN(C)C1CC12CCNC2. The lowest BCUT2D eigenvalue weighted by atomic mass is 10.1. The first-order valence-corrected chi connectivity index (χ1v) is 4.12. The smallest absolute Gasteiger partial charge is 0.0165 e. The molecule has 2 rings (SSSR count). The van der Waals surface area contributed by atoms with E-state index >= 15 is 0 Å². The number of rotatable bonds is 1. The highest BCUT2D eigenvalue weighted by atomic mass is 15.2. The number of nitrogens with zero attached hydrogens (tertiary/aromatic N) is 1. The van der Waals surface area contributed by atoms with Gasteiger partial charge in [0.2, 0.25) is 0 Å². The molecule has 1 saturated heterocycles. The molecule has 58 valence electrons. The molecule has 2 heteroatoms. The minimum atomic E-state index is 0.698. The van der Waals surface area contributed by atoms with E-state index in [9.17, 15) is 0 Å². The standard InChI is InChI=1S/C8H16N2/c1-10(2)7-5-8(7)3-4-9-6-8/h7,9H,3-6H2,1-2H3. The van der Waals surface area contributed by atoms with E-state index in [0.717, 1.165) is 6.04 Å². The Balaban J connectivity index is 1.97. The highest BCUT2D eigenvalue weighted by Gasteiger charge is 2.56. The molecular formula is C8H16N2. The van der Waals surface area contributed by atoms with Crippen LogP contribution in [0.3, 0.4) is 0 Å². The fraction of sp³-hybridized carbons (Fsp3) is 1.00. The molecule has 2 fully saturated rings. The van der Waals surface area contributed by atoms with Gasteiger partial charge in [0, 0.05) is 18.0 Å². The Bertz CT molecular complexity index is 136. The van der Waals surface area contributed by atoms with Gasteiger partial charge in [-0.2, -0.15) is 0 Å². The largest absolute Gasteiger partial charge is 0.316 e. The number of hydrogen-bond acceptors (Lipinski definition) is 2. The summed E-state index contributed by atoms with van der Waals surface area (Å²) in [5.74, 6) is 0. The minimum absolute atomic E-state index is 0.698. The molecule has 0 aromatic heterocycles. The van der Waals surface area contributed by atoms with E-state index in [1.54, 1.807) is 0 Å². The summed E-state index contributed by atoms with van der Waals surface area (Å²) in [6.45, 7) is 2.50. The van der Waals surface area contributed by atoms with Crippen molar-refractivity contribution < 1.29 is 0 Å². The summed E-state index contributed by atoms with van der Waals surface area (Å²) in [5.41, 5.74) is 0.698. The third kappa shape index (κ3) is 0.789. The molecule has 0 amide bonds. The summed E-state index contributed by atoms with van der Waals surface area (Å²) in [6.07, 6.45) is 2.82. The van der Waals surface area contributed by atoms with Crippen LogP contribution in [0, 0.1) is 5.41 Å². The summed E-state index contributed by atoms with van der Waals surface area (Å²) in [6, 6.07) is 0.877. The van der Waals surface area contributed by atoms with Crippen molar-refractivity contribution >= 4 is 0 Å². The molecule has 0 aromatic rings. The second-order valence-corrected chi connectivity index (χ2v) is 3.97. The second-order valence-electron chi connectivity index (χ2n) is 3.97. The Hall–Kier alpha value is -0.0800. The summed E-state index contributed by atoms with van der Waals surface area (Å²) >= 11 is 0. The zero-order valence-corrected chi connectivity index (χ0v) is 6.85. The van der Waals surface area contributed by atoms with E-state index in [1.165, 1.54) is 25.9 Å². The van der Waals surface area contributed by atoms with Crippen LogP contribution in [0.4, 0.5) is 0 Å². The van der Waals surface area contributed by atoms with Crippen LogP contribution in [-0.2, 0) is 0 Å². The first-order valence-electron chi connectivity index (χ1n) is 4.12. The number of hydrogen-bond donors (Lipinski definition) is 1. The van der Waals surface area contributed by atoms with Crippen molar-refractivity contribution in [3.05, 3.63) is 0 Å². The lowest BCUT2D eigenvalue weighted by molar-refractivity contribution is 0.334. The predicted octanol–water partition coefficient (Wildman–Crippen LogP) is 0.300. The average Bonchev–Trinajstić information content (AvgIpc) is 2.32. The zero-order valence-electron chi connectivity index (χ0n) is 6.85. The third-order valence-electron chi connectivity index (χ3n) is 3.05. The summed E-state index contributed by atoms with van der Waals surface area (Å²) in [5, 5.41) is 3.43. The molecule has 1 aliphatic heterocycles. The van der Waals surface area contributed by atoms with E-state index in [-0.39, 0.29) is 0 Å². The van der Waals surface area contributed by atoms with Crippen molar-refractivity contribution in [2.24, 2.45) is 5.41 Å². The van der Waals surface area contributed by atoms with Gasteiger partial charge in [0.15, 0.2) is 0 Å². The maximum Gasteiger partial charge on any atom is 0.0165 e. The van der Waals surface area contributed by atoms with Crippen molar-refractivity contribution in [1.29, 1.82) is 0 Å². The molecular weight excluding hydrogens is 124 g/mol. The van der Waals surface area contributed by atoms with Gasteiger partial charge in [-0.1, -0.05) is 0 Å². The zero-order chi connectivity index (χ0) is 7.19. The van der Waals surface area contributed by atoms with Crippen LogP contribution in [0.1, 0.15) is 12.8 Å². The maximum atomic E-state index is 3.43. The average molecular weight is 140 g/mol. The van der Waals surface area contributed by atoms with Gasteiger partial charge in [-0.15, -0.1) is 0 Å². The van der Waals surface area contributed by atoms with Crippen LogP contribution < -0.4 is 5.32 Å². The lowest BCUT2D eigenvalue weighted by Crippen LogP contribution is -2.23. The Morgan fingerprint density at radius 2 is 2.30 bits per heavy atom. The van der Waals surface area contributed by atoms with Gasteiger partial charge in [-0.05, 0) is 33.5 Å². The third-order valence-corrected chi connectivity index (χ3v) is 3.05. The van der Waals surface area contributed by atoms with Crippen molar-refractivity contribution in [2.75, 3.05) is 27.2 Å². The van der Waals surface area contributed by atoms with Crippen LogP contribution in [-0.4, -0.2) is 38.1 Å². The molecule has 2 aliphatic rings. The summed E-state index contributed by atoms with van der Waals surface area (Å²) in [4.78, 5) is 2.37. The fourth-order valence-corrected chi connectivity index (χ4v) is 2.28. The molecule has 0 radical (unpaired) electrons. The van der Waals surface area contributed by atoms with Gasteiger partial charge in [0.05, 0.1) is 0 Å². The van der Waals surface area contributed by atoms with Gasteiger partial charge in [-0.3, -0.25) is 0 Å². The van der Waals surface area contributed by atoms with E-state index in [4.69, 9.17) is 0 Å². The van der Waals surface area contributed by atoms with Gasteiger partial charge in [0.1, 0.15) is 0 Å². The maximum absolute atomic E-state index is 3.43. The molecule has 2 atom stereocenters. The predicted molar refractivity (Wildman–Crippen MR) is 42.0 cm³/mol. The molecule has 1 spiro atoms. The monoisotopic (exact) mass is 140 g/mol. The van der Waals surface area contributed by atoms with Crippen LogP contribution in [0.2, 0.25) is 0 Å². The normalized spacial score (nSPS) is 45.3. The quantitative estimate of drug-likeness (QED) is 0.563. The highest BCUT2D eigenvalue weighted by Crippen LogP contribution is 2.52. The number of nitrogens with one attached hydrogen (secondary N) is 1. The van der Waals surface area contributed by atoms with E-state index in [1.807, 2.05) is 0 Å². The lowest BCUT2D eigenvalue weighted by Gasteiger charge is -2.13. The van der Waals surface area contributed by atoms with Gasteiger partial charge < -0.3 is 10.2 Å². The van der Waals surface area contributed by atoms with Crippen LogP contribution in [0.25, 0.3) is 0 Å². The summed E-state index contributed by atoms with van der Waals surface area (Å²) in [7, 11) is 4.38. The highest BCUT2D eigenvalue weighted by molar-refractivity contribution is 5.11. The fourth-order valence-electron chi connectivity index (χ4n) is 2.28. The van der Waals surface area contributed by atoms with E-state index in [0.29, 0.717) is 5.41 Å². The van der Waals surface area contributed by atoms with Crippen molar-refractivity contribution in [2.45, 2.75) is 18.9 Å². The molecule has 0 bridgehead atoms. The first-order chi connectivity index (χ1) is 4.75.